The molecule has 1 heterocycles. The summed E-state index contributed by atoms with van der Waals surface area (Å²) in [5.41, 5.74) is 6.20. The normalized spacial score (nSPS) is 12.5. The fraction of sp³-hybridized carbons (Fsp3) is 0.154. The van der Waals surface area contributed by atoms with Crippen LogP contribution in [-0.2, 0) is 14.8 Å². The first-order valence-corrected chi connectivity index (χ1v) is 8.82. The third-order valence-corrected chi connectivity index (χ3v) is 4.64. The van der Waals surface area contributed by atoms with E-state index in [-0.39, 0.29) is 16.4 Å². The molecule has 2 rings (SSSR count). The summed E-state index contributed by atoms with van der Waals surface area (Å²) in [7, 11) is -3.91. The fourth-order valence-electron chi connectivity index (χ4n) is 1.80. The maximum absolute atomic E-state index is 11.8. The third kappa shape index (κ3) is 4.40. The van der Waals surface area contributed by atoms with Gasteiger partial charge in [-0.15, -0.1) is 0 Å². The standard InChI is InChI=1S/C13H14BrN5O4S/c1-7(20)19-24(22,23)9-4-2-8(3-5-9)17-13(21)11-12(15)16-6-10(14)18-11/h2-6,13,17,21H,1H3,(H2,15,16)(H,19,20). The molecule has 0 aliphatic carbocycles. The number of nitrogens with zero attached hydrogens (tertiary/aromatic N) is 2. The molecule has 1 aromatic heterocycles. The topological polar surface area (TPSA) is 147 Å². The number of sulfonamides is 1. The highest BCUT2D eigenvalue weighted by molar-refractivity contribution is 9.10. The molecule has 9 nitrogen and oxygen atoms in total. The lowest BCUT2D eigenvalue weighted by Crippen LogP contribution is -2.28. The Bertz CT molecular complexity index is 857. The minimum absolute atomic E-state index is 0.0584. The molecular formula is C13H14BrN5O4S. The molecule has 24 heavy (non-hydrogen) atoms. The van der Waals surface area contributed by atoms with E-state index < -0.39 is 22.2 Å². The van der Waals surface area contributed by atoms with Crippen molar-refractivity contribution in [3.05, 3.63) is 40.8 Å². The molecule has 0 aliphatic heterocycles. The average Bonchev–Trinajstić information content (AvgIpc) is 2.49. The van der Waals surface area contributed by atoms with Crippen molar-refractivity contribution in [3.8, 4) is 0 Å². The van der Waals surface area contributed by atoms with Crippen LogP contribution in [0.25, 0.3) is 0 Å². The SMILES string of the molecule is CC(=O)NS(=O)(=O)c1ccc(NC(O)c2nc(Br)cnc2N)cc1. The summed E-state index contributed by atoms with van der Waals surface area (Å²) in [6, 6.07) is 5.44. The lowest BCUT2D eigenvalue weighted by atomic mass is 10.3. The van der Waals surface area contributed by atoms with Gasteiger partial charge in [-0.3, -0.25) is 4.79 Å². The van der Waals surface area contributed by atoms with E-state index in [1.165, 1.54) is 30.5 Å². The molecule has 0 radical (unpaired) electrons. The lowest BCUT2D eigenvalue weighted by Gasteiger charge is -2.15. The highest BCUT2D eigenvalue weighted by Crippen LogP contribution is 2.22. The summed E-state index contributed by atoms with van der Waals surface area (Å²) in [4.78, 5) is 18.7. The molecule has 0 spiro atoms. The Labute approximate surface area is 146 Å². The number of nitrogens with one attached hydrogen (secondary N) is 2. The summed E-state index contributed by atoms with van der Waals surface area (Å²) < 4.78 is 25.9. The highest BCUT2D eigenvalue weighted by atomic mass is 79.9. The monoisotopic (exact) mass is 415 g/mol. The van der Waals surface area contributed by atoms with Gasteiger partial charge in [0, 0.05) is 12.6 Å². The predicted octanol–water partition coefficient (Wildman–Crippen LogP) is 0.749. The molecule has 0 aliphatic rings. The zero-order valence-corrected chi connectivity index (χ0v) is 14.8. The number of amides is 1. The van der Waals surface area contributed by atoms with E-state index >= 15 is 0 Å². The van der Waals surface area contributed by atoms with E-state index in [0.717, 1.165) is 6.92 Å². The molecule has 1 atom stereocenters. The molecule has 0 fully saturated rings. The van der Waals surface area contributed by atoms with Gasteiger partial charge in [-0.2, -0.15) is 0 Å². The second-order valence-corrected chi connectivity index (χ2v) is 7.19. The number of aromatic nitrogens is 2. The fourth-order valence-corrected chi connectivity index (χ4v) is 3.08. The Morgan fingerprint density at radius 3 is 2.54 bits per heavy atom. The smallest absolute Gasteiger partial charge is 0.264 e. The van der Waals surface area contributed by atoms with Crippen LogP contribution in [0.15, 0.2) is 40.0 Å². The Hall–Kier alpha value is -2.24. The van der Waals surface area contributed by atoms with E-state index in [4.69, 9.17) is 5.73 Å². The van der Waals surface area contributed by atoms with Crippen LogP contribution < -0.4 is 15.8 Å². The van der Waals surface area contributed by atoms with Crippen LogP contribution in [0.1, 0.15) is 18.8 Å². The zero-order valence-electron chi connectivity index (χ0n) is 12.4. The molecule has 128 valence electrons. The van der Waals surface area contributed by atoms with Gasteiger partial charge in [0.25, 0.3) is 10.0 Å². The number of hydrogen-bond donors (Lipinski definition) is 4. The van der Waals surface area contributed by atoms with Crippen molar-refractivity contribution in [1.29, 1.82) is 0 Å². The Morgan fingerprint density at radius 2 is 1.96 bits per heavy atom. The number of aliphatic hydroxyl groups excluding tert-OH is 1. The van der Waals surface area contributed by atoms with Crippen LogP contribution >= 0.6 is 15.9 Å². The number of aliphatic hydroxyl groups is 1. The number of carbonyl (C=O) groups is 1. The van der Waals surface area contributed by atoms with E-state index in [1.54, 1.807) is 0 Å². The van der Waals surface area contributed by atoms with Gasteiger partial charge in [-0.25, -0.2) is 23.1 Å². The van der Waals surface area contributed by atoms with E-state index in [2.05, 4.69) is 31.2 Å². The van der Waals surface area contributed by atoms with Crippen molar-refractivity contribution in [2.75, 3.05) is 11.1 Å². The van der Waals surface area contributed by atoms with Crippen molar-refractivity contribution in [2.24, 2.45) is 0 Å². The molecule has 5 N–H and O–H groups in total. The first-order valence-electron chi connectivity index (χ1n) is 6.55. The molecular weight excluding hydrogens is 402 g/mol. The van der Waals surface area contributed by atoms with Crippen LogP contribution in [0.4, 0.5) is 11.5 Å². The largest absolute Gasteiger partial charge is 0.382 e. The molecule has 11 heteroatoms. The quantitative estimate of drug-likeness (QED) is 0.522. The summed E-state index contributed by atoms with van der Waals surface area (Å²) in [5, 5.41) is 12.9. The highest BCUT2D eigenvalue weighted by Gasteiger charge is 2.17. The second-order valence-electron chi connectivity index (χ2n) is 4.70. The minimum Gasteiger partial charge on any atom is -0.382 e. The molecule has 0 bridgehead atoms. The summed E-state index contributed by atoms with van der Waals surface area (Å²) >= 11 is 3.13. The Balaban J connectivity index is 2.17. The predicted molar refractivity (Wildman–Crippen MR) is 90.2 cm³/mol. The van der Waals surface area contributed by atoms with E-state index in [1.807, 2.05) is 4.72 Å². The van der Waals surface area contributed by atoms with Crippen molar-refractivity contribution in [1.82, 2.24) is 14.7 Å². The number of nitrogens with two attached hydrogens (primary N) is 1. The van der Waals surface area contributed by atoms with Gasteiger partial charge in [0.05, 0.1) is 11.1 Å². The zero-order chi connectivity index (χ0) is 17.9. The molecule has 2 aromatic rings. The molecule has 1 unspecified atom stereocenters. The summed E-state index contributed by atoms with van der Waals surface area (Å²) in [6.07, 6.45) is 0.153. The average molecular weight is 416 g/mol. The first kappa shape index (κ1) is 18.1. The van der Waals surface area contributed by atoms with Gasteiger partial charge in [-0.05, 0) is 40.2 Å². The number of nitrogen functional groups attached to an aromatic ring is 1. The number of halogens is 1. The Morgan fingerprint density at radius 1 is 1.33 bits per heavy atom. The van der Waals surface area contributed by atoms with Gasteiger partial charge >= 0.3 is 0 Å². The number of hydrogen-bond acceptors (Lipinski definition) is 8. The molecule has 1 amide bonds. The number of benzene rings is 1. The lowest BCUT2D eigenvalue weighted by molar-refractivity contribution is -0.117. The van der Waals surface area contributed by atoms with Crippen LogP contribution in [0, 0.1) is 0 Å². The molecule has 0 saturated carbocycles. The van der Waals surface area contributed by atoms with Gasteiger partial charge in [0.1, 0.15) is 16.1 Å². The van der Waals surface area contributed by atoms with Crippen molar-refractivity contribution < 1.29 is 18.3 Å². The molecule has 1 aromatic carbocycles. The van der Waals surface area contributed by atoms with Crippen LogP contribution in [0.5, 0.6) is 0 Å². The second kappa shape index (κ2) is 7.11. The van der Waals surface area contributed by atoms with Crippen molar-refractivity contribution in [2.45, 2.75) is 18.0 Å². The summed E-state index contributed by atoms with van der Waals surface area (Å²) in [5.74, 6) is -0.626. The Kier molecular flexibility index (Phi) is 5.36. The van der Waals surface area contributed by atoms with Crippen molar-refractivity contribution >= 4 is 43.4 Å². The van der Waals surface area contributed by atoms with Crippen LogP contribution in [0.2, 0.25) is 0 Å². The van der Waals surface area contributed by atoms with Crippen molar-refractivity contribution in [3.63, 3.8) is 0 Å². The summed E-state index contributed by atoms with van der Waals surface area (Å²) in [6.45, 7) is 1.10. The number of rotatable bonds is 5. The van der Waals surface area contributed by atoms with Gasteiger partial charge in [0.2, 0.25) is 5.91 Å². The first-order chi connectivity index (χ1) is 11.2. The minimum atomic E-state index is -3.91. The maximum Gasteiger partial charge on any atom is 0.264 e. The van der Waals surface area contributed by atoms with Crippen LogP contribution in [0.3, 0.4) is 0 Å². The van der Waals surface area contributed by atoms with E-state index in [0.29, 0.717) is 10.3 Å². The number of carbonyl (C=O) groups excluding carboxylic acids is 1. The van der Waals surface area contributed by atoms with Gasteiger partial charge < -0.3 is 16.2 Å². The van der Waals surface area contributed by atoms with Gasteiger partial charge in [-0.1, -0.05) is 0 Å². The van der Waals surface area contributed by atoms with Crippen LogP contribution in [-0.4, -0.2) is 29.4 Å². The third-order valence-electron chi connectivity index (χ3n) is 2.80. The van der Waals surface area contributed by atoms with E-state index in [9.17, 15) is 18.3 Å². The number of anilines is 2. The van der Waals surface area contributed by atoms with Gasteiger partial charge in [0.15, 0.2) is 6.23 Å². The molecule has 0 saturated heterocycles. The maximum atomic E-state index is 11.8.